The average molecular weight is 399 g/mol. The first-order valence-electron chi connectivity index (χ1n) is 8.90. The quantitative estimate of drug-likeness (QED) is 0.544. The summed E-state index contributed by atoms with van der Waals surface area (Å²) in [5.74, 6) is -1.43. The zero-order valence-electron chi connectivity index (χ0n) is 15.5. The zero-order valence-corrected chi connectivity index (χ0v) is 15.5. The predicted octanol–water partition coefficient (Wildman–Crippen LogP) is 3.85. The summed E-state index contributed by atoms with van der Waals surface area (Å²) in [7, 11) is 0. The fourth-order valence-electron chi connectivity index (χ4n) is 2.90. The molecular formula is C22H14FN5O2. The van der Waals surface area contributed by atoms with Gasteiger partial charge in [-0.3, -0.25) is 14.0 Å². The Morgan fingerprint density at radius 2 is 1.53 bits per heavy atom. The van der Waals surface area contributed by atoms with E-state index in [9.17, 15) is 14.0 Å². The van der Waals surface area contributed by atoms with Crippen LogP contribution in [0.1, 0.15) is 26.7 Å². The van der Waals surface area contributed by atoms with Gasteiger partial charge in [-0.1, -0.05) is 6.07 Å². The van der Waals surface area contributed by atoms with Gasteiger partial charge in [0.1, 0.15) is 5.82 Å². The number of hydrogen-bond acceptors (Lipinski definition) is 4. The Bertz CT molecular complexity index is 1290. The highest BCUT2D eigenvalue weighted by molar-refractivity contribution is 6.10. The number of rotatable bonds is 4. The number of nitriles is 1. The largest absolute Gasteiger partial charge is 0.321 e. The molecule has 2 heterocycles. The average Bonchev–Trinajstić information content (AvgIpc) is 3.16. The number of nitrogens with one attached hydrogen (secondary N) is 2. The number of halogens is 1. The number of imidazole rings is 1. The highest BCUT2D eigenvalue weighted by Gasteiger charge is 2.21. The van der Waals surface area contributed by atoms with E-state index in [0.717, 1.165) is 0 Å². The summed E-state index contributed by atoms with van der Waals surface area (Å²) in [6.07, 6.45) is 1.63. The summed E-state index contributed by atoms with van der Waals surface area (Å²) in [5, 5.41) is 14.2. The van der Waals surface area contributed by atoms with Crippen LogP contribution in [0.5, 0.6) is 0 Å². The van der Waals surface area contributed by atoms with Gasteiger partial charge in [-0.2, -0.15) is 5.26 Å². The summed E-state index contributed by atoms with van der Waals surface area (Å²) in [4.78, 5) is 29.8. The Morgan fingerprint density at radius 3 is 2.20 bits per heavy atom. The molecule has 0 spiro atoms. The van der Waals surface area contributed by atoms with E-state index in [4.69, 9.17) is 5.26 Å². The molecule has 0 bridgehead atoms. The SMILES string of the molecule is N#Cc1ccc(NC(=O)c2nc(C(=O)Nc3ccc(F)cc3)c3ccccn23)cc1. The van der Waals surface area contributed by atoms with Crippen LogP contribution >= 0.6 is 0 Å². The molecule has 146 valence electrons. The normalized spacial score (nSPS) is 10.4. The van der Waals surface area contributed by atoms with Gasteiger partial charge >= 0.3 is 0 Å². The van der Waals surface area contributed by atoms with Crippen molar-refractivity contribution in [2.24, 2.45) is 0 Å². The van der Waals surface area contributed by atoms with Crippen molar-refractivity contribution >= 4 is 28.7 Å². The second kappa shape index (κ2) is 7.85. The molecule has 7 nitrogen and oxygen atoms in total. The Labute approximate surface area is 170 Å². The molecule has 2 aromatic heterocycles. The fourth-order valence-corrected chi connectivity index (χ4v) is 2.90. The van der Waals surface area contributed by atoms with Crippen LogP contribution in [0.25, 0.3) is 5.52 Å². The van der Waals surface area contributed by atoms with Gasteiger partial charge in [0.05, 0.1) is 17.1 Å². The van der Waals surface area contributed by atoms with Gasteiger partial charge in [0.15, 0.2) is 5.69 Å². The summed E-state index contributed by atoms with van der Waals surface area (Å²) < 4.78 is 14.6. The number of fused-ring (bicyclic) bond motifs is 1. The van der Waals surface area contributed by atoms with Crippen LogP contribution < -0.4 is 10.6 Å². The topological polar surface area (TPSA) is 99.3 Å². The number of pyridine rings is 1. The Hall–Kier alpha value is -4.51. The van der Waals surface area contributed by atoms with E-state index in [2.05, 4.69) is 15.6 Å². The Balaban J connectivity index is 1.64. The van der Waals surface area contributed by atoms with E-state index in [1.807, 2.05) is 6.07 Å². The zero-order chi connectivity index (χ0) is 21.1. The van der Waals surface area contributed by atoms with E-state index in [1.54, 1.807) is 48.7 Å². The number of amides is 2. The first-order chi connectivity index (χ1) is 14.5. The van der Waals surface area contributed by atoms with Gasteiger partial charge in [-0.15, -0.1) is 0 Å². The van der Waals surface area contributed by atoms with Crippen molar-refractivity contribution in [3.63, 3.8) is 0 Å². The van der Waals surface area contributed by atoms with E-state index in [-0.39, 0.29) is 11.5 Å². The molecule has 0 radical (unpaired) electrons. The second-order valence-corrected chi connectivity index (χ2v) is 6.34. The number of carbonyl (C=O) groups is 2. The molecule has 2 aromatic carbocycles. The molecule has 0 aliphatic carbocycles. The van der Waals surface area contributed by atoms with Crippen LogP contribution in [0.2, 0.25) is 0 Å². The molecule has 0 aliphatic rings. The molecule has 2 N–H and O–H groups in total. The monoisotopic (exact) mass is 399 g/mol. The van der Waals surface area contributed by atoms with Gasteiger partial charge in [0.2, 0.25) is 5.82 Å². The Morgan fingerprint density at radius 1 is 0.900 bits per heavy atom. The van der Waals surface area contributed by atoms with Crippen molar-refractivity contribution in [2.75, 3.05) is 10.6 Å². The van der Waals surface area contributed by atoms with Crippen LogP contribution in [0.4, 0.5) is 15.8 Å². The number of carbonyl (C=O) groups excluding carboxylic acids is 2. The molecule has 0 unspecified atom stereocenters. The van der Waals surface area contributed by atoms with Gasteiger partial charge in [-0.05, 0) is 60.7 Å². The lowest BCUT2D eigenvalue weighted by Gasteiger charge is -2.04. The fraction of sp³-hybridized carbons (Fsp3) is 0. The maximum Gasteiger partial charge on any atom is 0.292 e. The molecule has 0 saturated heterocycles. The molecule has 0 aliphatic heterocycles. The minimum atomic E-state index is -0.525. The van der Waals surface area contributed by atoms with E-state index >= 15 is 0 Å². The lowest BCUT2D eigenvalue weighted by molar-refractivity contribution is 0.101. The molecule has 8 heteroatoms. The predicted molar refractivity (Wildman–Crippen MR) is 109 cm³/mol. The molecular weight excluding hydrogens is 385 g/mol. The van der Waals surface area contributed by atoms with Crippen molar-refractivity contribution in [1.29, 1.82) is 5.26 Å². The third kappa shape index (κ3) is 3.72. The van der Waals surface area contributed by atoms with Gasteiger partial charge in [0.25, 0.3) is 11.8 Å². The van der Waals surface area contributed by atoms with Crippen molar-refractivity contribution in [3.05, 3.63) is 95.8 Å². The highest BCUT2D eigenvalue weighted by atomic mass is 19.1. The lowest BCUT2D eigenvalue weighted by atomic mass is 10.2. The maximum absolute atomic E-state index is 13.1. The van der Waals surface area contributed by atoms with Crippen LogP contribution in [0.15, 0.2) is 72.9 Å². The smallest absolute Gasteiger partial charge is 0.292 e. The molecule has 30 heavy (non-hydrogen) atoms. The van der Waals surface area contributed by atoms with Crippen LogP contribution in [-0.2, 0) is 0 Å². The molecule has 4 rings (SSSR count). The molecule has 4 aromatic rings. The van der Waals surface area contributed by atoms with Gasteiger partial charge in [-0.25, -0.2) is 9.37 Å². The number of benzene rings is 2. The molecule has 0 atom stereocenters. The van der Waals surface area contributed by atoms with Crippen molar-refractivity contribution in [1.82, 2.24) is 9.38 Å². The summed E-state index contributed by atoms with van der Waals surface area (Å²) in [6.45, 7) is 0. The first-order valence-corrected chi connectivity index (χ1v) is 8.90. The number of nitrogens with zero attached hydrogens (tertiary/aromatic N) is 3. The highest BCUT2D eigenvalue weighted by Crippen LogP contribution is 2.18. The summed E-state index contributed by atoms with van der Waals surface area (Å²) in [6, 6.07) is 18.8. The lowest BCUT2D eigenvalue weighted by Crippen LogP contribution is -2.16. The third-order valence-corrected chi connectivity index (χ3v) is 4.34. The first kappa shape index (κ1) is 18.8. The van der Waals surface area contributed by atoms with Gasteiger partial charge < -0.3 is 10.6 Å². The van der Waals surface area contributed by atoms with E-state index in [0.29, 0.717) is 22.5 Å². The van der Waals surface area contributed by atoms with E-state index in [1.165, 1.54) is 28.7 Å². The van der Waals surface area contributed by atoms with Crippen molar-refractivity contribution in [3.8, 4) is 6.07 Å². The number of aromatic nitrogens is 2. The van der Waals surface area contributed by atoms with Crippen molar-refractivity contribution < 1.29 is 14.0 Å². The summed E-state index contributed by atoms with van der Waals surface area (Å²) >= 11 is 0. The van der Waals surface area contributed by atoms with Crippen LogP contribution in [-0.4, -0.2) is 21.2 Å². The standard InChI is InChI=1S/C22H14FN5O2/c23-15-6-10-17(11-7-15)25-21(29)19-18-3-1-2-12-28(18)20(27-19)22(30)26-16-8-4-14(13-24)5-9-16/h1-12H,(H,25,29)(H,26,30). The molecule has 2 amide bonds. The van der Waals surface area contributed by atoms with Crippen LogP contribution in [0, 0.1) is 17.1 Å². The van der Waals surface area contributed by atoms with E-state index < -0.39 is 17.6 Å². The van der Waals surface area contributed by atoms with Gasteiger partial charge in [0, 0.05) is 17.6 Å². The molecule has 0 saturated carbocycles. The second-order valence-electron chi connectivity index (χ2n) is 6.34. The number of anilines is 2. The molecule has 0 fully saturated rings. The minimum Gasteiger partial charge on any atom is -0.321 e. The summed E-state index contributed by atoms with van der Waals surface area (Å²) in [5.41, 5.74) is 1.87. The maximum atomic E-state index is 13.1. The number of hydrogen-bond donors (Lipinski definition) is 2. The van der Waals surface area contributed by atoms with Crippen molar-refractivity contribution in [2.45, 2.75) is 0 Å². The Kier molecular flexibility index (Phi) is 4.93. The van der Waals surface area contributed by atoms with Crippen LogP contribution in [0.3, 0.4) is 0 Å². The third-order valence-electron chi connectivity index (χ3n) is 4.34. The minimum absolute atomic E-state index is 0.0271.